The number of nitrogens with two attached hydrogens (primary N) is 1. The molecule has 0 amide bonds. The number of ether oxygens (including phenoxy) is 1. The van der Waals surface area contributed by atoms with E-state index in [9.17, 15) is 0 Å². The van der Waals surface area contributed by atoms with Crippen molar-refractivity contribution in [1.82, 2.24) is 5.32 Å². The topological polar surface area (TPSA) is 47.3 Å². The molecule has 0 fully saturated rings. The highest BCUT2D eigenvalue weighted by molar-refractivity contribution is 4.70. The van der Waals surface area contributed by atoms with Crippen molar-refractivity contribution in [3.05, 3.63) is 0 Å². The molecule has 0 saturated carbocycles. The largest absolute Gasteiger partial charge is 0.377 e. The van der Waals surface area contributed by atoms with Crippen LogP contribution in [-0.4, -0.2) is 32.3 Å². The van der Waals surface area contributed by atoms with E-state index in [0.717, 1.165) is 13.1 Å². The molecule has 3 heteroatoms. The molecule has 0 atom stereocenters. The van der Waals surface area contributed by atoms with Gasteiger partial charge < -0.3 is 15.8 Å². The molecule has 0 aromatic heterocycles. The second kappa shape index (κ2) is 4.66. The molecule has 0 radical (unpaired) electrons. The summed E-state index contributed by atoms with van der Waals surface area (Å²) in [6.07, 6.45) is 0. The summed E-state index contributed by atoms with van der Waals surface area (Å²) in [5.41, 5.74) is 5.22. The molecule has 0 aliphatic carbocycles. The number of methoxy groups -OCH3 is 1. The van der Waals surface area contributed by atoms with Gasteiger partial charge in [0.1, 0.15) is 0 Å². The fourth-order valence-corrected chi connectivity index (χ4v) is 0.564. The Bertz CT molecular complexity index is 83.7. The summed E-state index contributed by atoms with van der Waals surface area (Å²) in [7, 11) is 1.71. The van der Waals surface area contributed by atoms with Gasteiger partial charge in [-0.1, -0.05) is 0 Å². The van der Waals surface area contributed by atoms with Crippen molar-refractivity contribution in [2.45, 2.75) is 19.4 Å². The molecule has 0 aromatic rings. The first kappa shape index (κ1) is 9.88. The lowest BCUT2D eigenvalue weighted by atomic mass is 10.1. The second-order valence-electron chi connectivity index (χ2n) is 2.93. The first-order valence-electron chi connectivity index (χ1n) is 3.58. The van der Waals surface area contributed by atoms with Crippen molar-refractivity contribution < 1.29 is 4.74 Å². The highest BCUT2D eigenvalue weighted by Gasteiger charge is 2.14. The smallest absolute Gasteiger partial charge is 0.0746 e. The van der Waals surface area contributed by atoms with Crippen LogP contribution in [0.25, 0.3) is 0 Å². The van der Waals surface area contributed by atoms with Crippen LogP contribution in [0.1, 0.15) is 13.8 Å². The van der Waals surface area contributed by atoms with Crippen molar-refractivity contribution in [3.63, 3.8) is 0 Å². The number of rotatable bonds is 5. The average molecular weight is 146 g/mol. The van der Waals surface area contributed by atoms with Crippen molar-refractivity contribution in [2.75, 3.05) is 26.7 Å². The van der Waals surface area contributed by atoms with E-state index < -0.39 is 0 Å². The molecular formula is C7H18N2O. The molecule has 0 aliphatic rings. The van der Waals surface area contributed by atoms with Crippen LogP contribution >= 0.6 is 0 Å². The van der Waals surface area contributed by atoms with Gasteiger partial charge in [0.15, 0.2) is 0 Å². The fourth-order valence-electron chi connectivity index (χ4n) is 0.564. The van der Waals surface area contributed by atoms with Crippen molar-refractivity contribution in [2.24, 2.45) is 5.73 Å². The lowest BCUT2D eigenvalue weighted by Gasteiger charge is -2.22. The first-order valence-corrected chi connectivity index (χ1v) is 3.58. The van der Waals surface area contributed by atoms with Crippen LogP contribution < -0.4 is 11.1 Å². The van der Waals surface area contributed by atoms with Crippen LogP contribution in [0.3, 0.4) is 0 Å². The molecule has 0 unspecified atom stereocenters. The van der Waals surface area contributed by atoms with Gasteiger partial charge in [0.25, 0.3) is 0 Å². The molecule has 0 aromatic carbocycles. The Morgan fingerprint density at radius 3 is 2.50 bits per heavy atom. The van der Waals surface area contributed by atoms with E-state index in [1.807, 2.05) is 13.8 Å². The summed E-state index contributed by atoms with van der Waals surface area (Å²) in [4.78, 5) is 0. The van der Waals surface area contributed by atoms with Crippen molar-refractivity contribution >= 4 is 0 Å². The maximum Gasteiger partial charge on any atom is 0.0746 e. The number of hydrogen-bond donors (Lipinski definition) is 2. The maximum atomic E-state index is 5.30. The third-order valence-corrected chi connectivity index (χ3v) is 1.42. The number of nitrogens with one attached hydrogen (secondary N) is 1. The average Bonchev–Trinajstić information content (AvgIpc) is 1.89. The van der Waals surface area contributed by atoms with Crippen LogP contribution in [-0.2, 0) is 4.74 Å². The van der Waals surface area contributed by atoms with Crippen molar-refractivity contribution in [3.8, 4) is 0 Å². The first-order chi connectivity index (χ1) is 4.62. The molecular weight excluding hydrogens is 128 g/mol. The monoisotopic (exact) mass is 146 g/mol. The van der Waals surface area contributed by atoms with Crippen LogP contribution in [0.4, 0.5) is 0 Å². The summed E-state index contributed by atoms with van der Waals surface area (Å²) in [6, 6.07) is 0. The van der Waals surface area contributed by atoms with Crippen LogP contribution in [0.5, 0.6) is 0 Å². The van der Waals surface area contributed by atoms with E-state index in [2.05, 4.69) is 5.32 Å². The zero-order valence-corrected chi connectivity index (χ0v) is 7.11. The Morgan fingerprint density at radius 1 is 1.50 bits per heavy atom. The van der Waals surface area contributed by atoms with Gasteiger partial charge in [-0.25, -0.2) is 0 Å². The van der Waals surface area contributed by atoms with Crippen molar-refractivity contribution in [1.29, 1.82) is 0 Å². The predicted molar refractivity (Wildman–Crippen MR) is 43.0 cm³/mol. The fraction of sp³-hybridized carbons (Fsp3) is 1.00. The minimum Gasteiger partial charge on any atom is -0.377 e. The van der Waals surface area contributed by atoms with Gasteiger partial charge >= 0.3 is 0 Å². The van der Waals surface area contributed by atoms with Gasteiger partial charge in [-0.3, -0.25) is 0 Å². The van der Waals surface area contributed by atoms with E-state index in [1.165, 1.54) is 0 Å². The molecule has 0 spiro atoms. The normalized spacial score (nSPS) is 12.0. The molecule has 0 aliphatic heterocycles. The lowest BCUT2D eigenvalue weighted by molar-refractivity contribution is 0.0236. The van der Waals surface area contributed by atoms with E-state index in [-0.39, 0.29) is 5.60 Å². The molecule has 0 heterocycles. The Hall–Kier alpha value is -0.120. The highest BCUT2D eigenvalue weighted by Crippen LogP contribution is 2.03. The van der Waals surface area contributed by atoms with Gasteiger partial charge in [0.2, 0.25) is 0 Å². The summed E-state index contributed by atoms with van der Waals surface area (Å²) < 4.78 is 5.18. The summed E-state index contributed by atoms with van der Waals surface area (Å²) >= 11 is 0. The molecule has 10 heavy (non-hydrogen) atoms. The Balaban J connectivity index is 3.28. The van der Waals surface area contributed by atoms with Gasteiger partial charge in [0, 0.05) is 26.7 Å². The summed E-state index contributed by atoms with van der Waals surface area (Å²) in [5, 5.41) is 3.18. The minimum absolute atomic E-state index is 0.0742. The molecule has 0 saturated heterocycles. The Morgan fingerprint density at radius 2 is 2.10 bits per heavy atom. The molecule has 3 N–H and O–H groups in total. The Kier molecular flexibility index (Phi) is 4.60. The van der Waals surface area contributed by atoms with Crippen LogP contribution in [0.2, 0.25) is 0 Å². The van der Waals surface area contributed by atoms with Gasteiger partial charge in [-0.2, -0.15) is 0 Å². The third-order valence-electron chi connectivity index (χ3n) is 1.42. The van der Waals surface area contributed by atoms with E-state index >= 15 is 0 Å². The summed E-state index contributed by atoms with van der Waals surface area (Å²) in [5.74, 6) is 0. The lowest BCUT2D eigenvalue weighted by Crippen LogP contribution is -2.38. The predicted octanol–water partition coefficient (Wildman–Crippen LogP) is -0.0403. The zero-order valence-electron chi connectivity index (χ0n) is 7.11. The van der Waals surface area contributed by atoms with Gasteiger partial charge in [0.05, 0.1) is 5.60 Å². The van der Waals surface area contributed by atoms with Crippen LogP contribution in [0.15, 0.2) is 0 Å². The highest BCUT2D eigenvalue weighted by atomic mass is 16.5. The van der Waals surface area contributed by atoms with E-state index in [1.54, 1.807) is 7.11 Å². The zero-order chi connectivity index (χ0) is 8.04. The minimum atomic E-state index is -0.0742. The van der Waals surface area contributed by atoms with Gasteiger partial charge in [-0.05, 0) is 13.8 Å². The molecule has 62 valence electrons. The quantitative estimate of drug-likeness (QED) is 0.535. The third kappa shape index (κ3) is 4.73. The summed E-state index contributed by atoms with van der Waals surface area (Å²) in [6.45, 7) is 6.46. The maximum absolute atomic E-state index is 5.30. The molecule has 0 rings (SSSR count). The SMILES string of the molecule is COC(C)(C)CNCCN. The Labute approximate surface area is 62.9 Å². The second-order valence-corrected chi connectivity index (χ2v) is 2.93. The van der Waals surface area contributed by atoms with E-state index in [4.69, 9.17) is 10.5 Å². The molecule has 3 nitrogen and oxygen atoms in total. The van der Waals surface area contributed by atoms with Gasteiger partial charge in [-0.15, -0.1) is 0 Å². The van der Waals surface area contributed by atoms with E-state index in [0.29, 0.717) is 6.54 Å². The standard InChI is InChI=1S/C7H18N2O/c1-7(2,10-3)6-9-5-4-8/h9H,4-6,8H2,1-3H3. The molecule has 0 bridgehead atoms. The number of hydrogen-bond acceptors (Lipinski definition) is 3. The van der Waals surface area contributed by atoms with Crippen LogP contribution in [0, 0.1) is 0 Å².